The fourth-order valence-electron chi connectivity index (χ4n) is 5.17. The van der Waals surface area contributed by atoms with E-state index in [1.807, 2.05) is 30.3 Å². The van der Waals surface area contributed by atoms with Gasteiger partial charge < -0.3 is 10.2 Å². The summed E-state index contributed by atoms with van der Waals surface area (Å²) in [5, 5.41) is 14.8. The van der Waals surface area contributed by atoms with Gasteiger partial charge in [-0.3, -0.25) is 14.9 Å². The predicted octanol–water partition coefficient (Wildman–Crippen LogP) is 4.74. The van der Waals surface area contributed by atoms with Gasteiger partial charge in [0.1, 0.15) is 10.9 Å². The molecule has 1 unspecified atom stereocenters. The van der Waals surface area contributed by atoms with Crippen molar-refractivity contribution in [2.45, 2.75) is 55.6 Å². The van der Waals surface area contributed by atoms with Gasteiger partial charge in [-0.1, -0.05) is 73.9 Å². The van der Waals surface area contributed by atoms with Crippen molar-refractivity contribution < 1.29 is 18.1 Å². The molecule has 1 amide bonds. The summed E-state index contributed by atoms with van der Waals surface area (Å²) in [4.78, 5) is 26.9. The standard InChI is InChI=1S/C28H28N4O5S/c33-28(29-22-13-5-2-6-14-22)26(21-12-9-15-23(18-21)32(34)35)31(19-20-10-3-1-4-11-20)27-24-16-7-8-17-25(24)38(36,37)30-27/h1,3-4,7-12,15-18,22,26H,2,5-6,13-14,19H2,(H,29,33). The first-order chi connectivity index (χ1) is 18.3. The van der Waals surface area contributed by atoms with Gasteiger partial charge in [0.2, 0.25) is 5.91 Å². The van der Waals surface area contributed by atoms with Crippen molar-refractivity contribution in [3.8, 4) is 0 Å². The Bertz CT molecular complexity index is 1480. The molecule has 38 heavy (non-hydrogen) atoms. The summed E-state index contributed by atoms with van der Waals surface area (Å²) in [5.74, 6) is -0.211. The van der Waals surface area contributed by atoms with Crippen LogP contribution in [0.2, 0.25) is 0 Å². The number of amidine groups is 1. The summed E-state index contributed by atoms with van der Waals surface area (Å²) in [5.41, 5.74) is 1.45. The Kier molecular flexibility index (Phi) is 7.24. The highest BCUT2D eigenvalue weighted by atomic mass is 32.2. The Morgan fingerprint density at radius 3 is 2.45 bits per heavy atom. The Morgan fingerprint density at radius 2 is 1.71 bits per heavy atom. The third-order valence-corrected chi connectivity index (χ3v) is 8.31. The van der Waals surface area contributed by atoms with Gasteiger partial charge in [0.05, 0.1) is 4.92 Å². The van der Waals surface area contributed by atoms with Crippen molar-refractivity contribution in [3.63, 3.8) is 0 Å². The minimum Gasteiger partial charge on any atom is -0.351 e. The number of rotatable bonds is 7. The van der Waals surface area contributed by atoms with Crippen LogP contribution in [0.15, 0.2) is 88.2 Å². The molecular weight excluding hydrogens is 504 g/mol. The third kappa shape index (κ3) is 5.31. The molecule has 1 aliphatic heterocycles. The first-order valence-corrected chi connectivity index (χ1v) is 14.1. The summed E-state index contributed by atoms with van der Waals surface area (Å²) >= 11 is 0. The molecular formula is C28H28N4O5S. The van der Waals surface area contributed by atoms with Crippen molar-refractivity contribution in [2.75, 3.05) is 0 Å². The Hall–Kier alpha value is -4.05. The minimum atomic E-state index is -3.98. The van der Waals surface area contributed by atoms with Crippen LogP contribution in [0.4, 0.5) is 5.69 Å². The number of nitro benzene ring substituents is 1. The highest BCUT2D eigenvalue weighted by molar-refractivity contribution is 7.90. The molecule has 1 saturated carbocycles. The molecule has 0 bridgehead atoms. The van der Waals surface area contributed by atoms with Crippen LogP contribution in [-0.2, 0) is 21.4 Å². The number of nitro groups is 1. The van der Waals surface area contributed by atoms with E-state index in [4.69, 9.17) is 0 Å². The first kappa shape index (κ1) is 25.6. The molecule has 1 N–H and O–H groups in total. The smallest absolute Gasteiger partial charge is 0.285 e. The lowest BCUT2D eigenvalue weighted by Gasteiger charge is -2.34. The van der Waals surface area contributed by atoms with Gasteiger partial charge in [0.15, 0.2) is 5.84 Å². The van der Waals surface area contributed by atoms with Crippen molar-refractivity contribution in [1.29, 1.82) is 0 Å². The molecule has 3 aromatic carbocycles. The van der Waals surface area contributed by atoms with E-state index in [0.29, 0.717) is 11.1 Å². The average Bonchev–Trinajstić information content (AvgIpc) is 3.20. The molecule has 0 saturated heterocycles. The lowest BCUT2D eigenvalue weighted by atomic mass is 9.94. The molecule has 1 aliphatic carbocycles. The second-order valence-corrected chi connectivity index (χ2v) is 11.2. The van der Waals surface area contributed by atoms with E-state index in [-0.39, 0.29) is 34.9 Å². The number of nitrogens with one attached hydrogen (secondary N) is 1. The van der Waals surface area contributed by atoms with Gasteiger partial charge in [-0.25, -0.2) is 0 Å². The number of nitrogens with zero attached hydrogens (tertiary/aromatic N) is 3. The number of hydrogen-bond acceptors (Lipinski definition) is 6. The molecule has 5 rings (SSSR count). The second-order valence-electron chi connectivity index (χ2n) is 9.60. The quantitative estimate of drug-likeness (QED) is 0.347. The molecule has 1 heterocycles. The van der Waals surface area contributed by atoms with Crippen LogP contribution in [0.25, 0.3) is 0 Å². The molecule has 3 aromatic rings. The second kappa shape index (κ2) is 10.7. The predicted molar refractivity (Wildman–Crippen MR) is 143 cm³/mol. The highest BCUT2D eigenvalue weighted by Crippen LogP contribution is 2.34. The van der Waals surface area contributed by atoms with E-state index in [1.54, 1.807) is 29.2 Å². The maximum atomic E-state index is 14.0. The number of hydrogen-bond donors (Lipinski definition) is 1. The minimum absolute atomic E-state index is 0.0161. The number of benzene rings is 3. The Labute approximate surface area is 221 Å². The topological polar surface area (TPSA) is 122 Å². The van der Waals surface area contributed by atoms with Crippen LogP contribution in [0, 0.1) is 10.1 Å². The third-order valence-electron chi connectivity index (χ3n) is 6.99. The van der Waals surface area contributed by atoms with Crippen LogP contribution in [0.1, 0.15) is 54.8 Å². The van der Waals surface area contributed by atoms with Gasteiger partial charge in [-0.05, 0) is 36.1 Å². The molecule has 9 nitrogen and oxygen atoms in total. The van der Waals surface area contributed by atoms with Crippen molar-refractivity contribution in [2.24, 2.45) is 4.40 Å². The monoisotopic (exact) mass is 532 g/mol. The van der Waals surface area contributed by atoms with Crippen LogP contribution < -0.4 is 5.32 Å². The summed E-state index contributed by atoms with van der Waals surface area (Å²) in [6.07, 6.45) is 4.84. The zero-order valence-corrected chi connectivity index (χ0v) is 21.5. The fraction of sp³-hybridized carbons (Fsp3) is 0.286. The largest absolute Gasteiger partial charge is 0.351 e. The molecule has 0 spiro atoms. The molecule has 0 radical (unpaired) electrons. The Morgan fingerprint density at radius 1 is 1.00 bits per heavy atom. The zero-order valence-electron chi connectivity index (χ0n) is 20.7. The normalized spacial score (nSPS) is 17.2. The maximum Gasteiger partial charge on any atom is 0.285 e. The molecule has 1 fully saturated rings. The number of amides is 1. The van der Waals surface area contributed by atoms with Crippen LogP contribution in [-0.4, -0.2) is 36.0 Å². The van der Waals surface area contributed by atoms with Crippen molar-refractivity contribution >= 4 is 27.5 Å². The summed E-state index contributed by atoms with van der Waals surface area (Å²) in [7, 11) is -3.98. The maximum absolute atomic E-state index is 14.0. The van der Waals surface area contributed by atoms with E-state index in [2.05, 4.69) is 9.71 Å². The molecule has 0 aromatic heterocycles. The van der Waals surface area contributed by atoms with E-state index in [1.165, 1.54) is 24.3 Å². The average molecular weight is 533 g/mol. The van der Waals surface area contributed by atoms with E-state index >= 15 is 0 Å². The highest BCUT2D eigenvalue weighted by Gasteiger charge is 2.38. The van der Waals surface area contributed by atoms with E-state index < -0.39 is 21.0 Å². The molecule has 10 heteroatoms. The summed E-state index contributed by atoms with van der Waals surface area (Å²) in [6.45, 7) is 0.162. The summed E-state index contributed by atoms with van der Waals surface area (Å²) in [6, 6.07) is 20.7. The van der Waals surface area contributed by atoms with Crippen LogP contribution in [0.3, 0.4) is 0 Å². The SMILES string of the molecule is O=C(NC1CCCCC1)C(c1cccc([N+](=O)[O-])c1)N(Cc1ccccc1)C1=NS(=O)(=O)c2ccccc21. The van der Waals surface area contributed by atoms with E-state index in [0.717, 1.165) is 37.7 Å². The van der Waals surface area contributed by atoms with Crippen LogP contribution >= 0.6 is 0 Å². The van der Waals surface area contributed by atoms with Gasteiger partial charge in [-0.15, -0.1) is 4.40 Å². The van der Waals surface area contributed by atoms with Gasteiger partial charge in [0, 0.05) is 30.3 Å². The number of non-ortho nitro benzene ring substituents is 1. The zero-order chi connectivity index (χ0) is 26.7. The van der Waals surface area contributed by atoms with Gasteiger partial charge >= 0.3 is 0 Å². The Balaban J connectivity index is 1.65. The molecule has 2 aliphatic rings. The molecule has 196 valence electrons. The molecule has 1 atom stereocenters. The number of sulfonamides is 1. The first-order valence-electron chi connectivity index (χ1n) is 12.6. The van der Waals surface area contributed by atoms with Crippen molar-refractivity contribution in [1.82, 2.24) is 10.2 Å². The van der Waals surface area contributed by atoms with Gasteiger partial charge in [0.25, 0.3) is 15.7 Å². The van der Waals surface area contributed by atoms with E-state index in [9.17, 15) is 23.3 Å². The lowest BCUT2D eigenvalue weighted by Crippen LogP contribution is -2.46. The summed E-state index contributed by atoms with van der Waals surface area (Å²) < 4.78 is 30.1. The fourth-order valence-corrected chi connectivity index (χ4v) is 6.39. The number of carbonyl (C=O) groups excluding carboxylic acids is 1. The van der Waals surface area contributed by atoms with Crippen LogP contribution in [0.5, 0.6) is 0 Å². The number of carbonyl (C=O) groups is 1. The number of fused-ring (bicyclic) bond motifs is 1. The van der Waals surface area contributed by atoms with Crippen molar-refractivity contribution in [3.05, 3.63) is 106 Å². The lowest BCUT2D eigenvalue weighted by molar-refractivity contribution is -0.384. The van der Waals surface area contributed by atoms with Gasteiger partial charge in [-0.2, -0.15) is 8.42 Å².